The van der Waals surface area contributed by atoms with E-state index in [4.69, 9.17) is 9.73 Å². The summed E-state index contributed by atoms with van der Waals surface area (Å²) in [6.45, 7) is 0. The number of aliphatic imine (C=N–C) groups is 1. The number of nitrogens with one attached hydrogen (secondary N) is 1. The molecule has 3 aliphatic rings. The largest absolute Gasteiger partial charge is 0.457 e. The zero-order chi connectivity index (χ0) is 37.2. The third kappa shape index (κ3) is 4.81. The highest BCUT2D eigenvalue weighted by Crippen LogP contribution is 2.62. The highest BCUT2D eigenvalue weighted by Gasteiger charge is 2.51. The Bertz CT molecular complexity index is 2890. The summed E-state index contributed by atoms with van der Waals surface area (Å²) in [6.07, 6.45) is -0.343. The van der Waals surface area contributed by atoms with Gasteiger partial charge in [-0.15, -0.1) is 0 Å². The zero-order valence-electron chi connectivity index (χ0n) is 30.3. The maximum atomic E-state index is 9.59. The Morgan fingerprint density at radius 3 is 1.80 bits per heavy atom. The van der Waals surface area contributed by atoms with Crippen LogP contribution in [0.2, 0.25) is 0 Å². The summed E-state index contributed by atoms with van der Waals surface area (Å²) in [7, 11) is 0. The van der Waals surface area contributed by atoms with Crippen LogP contribution in [-0.4, -0.2) is 5.71 Å². The summed E-state index contributed by atoms with van der Waals surface area (Å²) in [5, 5.41) is 13.4. The van der Waals surface area contributed by atoms with Gasteiger partial charge in [0.1, 0.15) is 17.7 Å². The summed E-state index contributed by atoms with van der Waals surface area (Å²) >= 11 is 0. The summed E-state index contributed by atoms with van der Waals surface area (Å²) in [5.74, 6) is 1.73. The van der Waals surface area contributed by atoms with E-state index in [1.165, 1.54) is 22.3 Å². The van der Waals surface area contributed by atoms with E-state index in [9.17, 15) is 5.26 Å². The van der Waals surface area contributed by atoms with Gasteiger partial charge in [0.15, 0.2) is 0 Å². The molecule has 4 nitrogen and oxygen atoms in total. The number of para-hydroxylation sites is 2. The SMILES string of the molecule is N#Cc1ccc(-c2cc(-c3ccc4c(c3)C3(c5ccccc5O4)c4ccccc4-c4ccccc43)cc(C3N=C(c4ccccc4)c4ccccc4N3)c2)cc1. The molecule has 0 saturated heterocycles. The maximum Gasteiger partial charge on any atom is 0.145 e. The average Bonchev–Trinajstić information content (AvgIpc) is 3.56. The van der Waals surface area contributed by atoms with E-state index in [-0.39, 0.29) is 6.17 Å². The fourth-order valence-corrected chi connectivity index (χ4v) is 9.09. The van der Waals surface area contributed by atoms with Gasteiger partial charge in [-0.1, -0.05) is 133 Å². The van der Waals surface area contributed by atoms with Crippen LogP contribution >= 0.6 is 0 Å². The molecule has 2 aliphatic heterocycles. The highest BCUT2D eigenvalue weighted by atomic mass is 16.5. The van der Waals surface area contributed by atoms with Gasteiger partial charge in [0.25, 0.3) is 0 Å². The van der Waals surface area contributed by atoms with Crippen LogP contribution in [0.15, 0.2) is 193 Å². The van der Waals surface area contributed by atoms with E-state index >= 15 is 0 Å². The normalized spacial score (nSPS) is 15.1. The van der Waals surface area contributed by atoms with Crippen molar-refractivity contribution in [3.63, 3.8) is 0 Å². The second-order valence-electron chi connectivity index (χ2n) is 14.6. The monoisotopic (exact) mass is 715 g/mol. The minimum Gasteiger partial charge on any atom is -0.457 e. The van der Waals surface area contributed by atoms with Crippen LogP contribution in [0.5, 0.6) is 11.5 Å². The molecular weight excluding hydrogens is 683 g/mol. The lowest BCUT2D eigenvalue weighted by atomic mass is 9.66. The van der Waals surface area contributed by atoms with E-state index in [2.05, 4.69) is 169 Å². The number of benzene rings is 8. The molecule has 0 bridgehead atoms. The van der Waals surface area contributed by atoms with Gasteiger partial charge in [0, 0.05) is 27.9 Å². The Labute approximate surface area is 325 Å². The number of ether oxygens (including phenoxy) is 1. The molecule has 1 aliphatic carbocycles. The molecule has 0 aromatic heterocycles. The van der Waals surface area contributed by atoms with Gasteiger partial charge < -0.3 is 10.1 Å². The first-order valence-electron chi connectivity index (χ1n) is 19.0. The molecule has 4 heteroatoms. The molecule has 2 heterocycles. The lowest BCUT2D eigenvalue weighted by Gasteiger charge is -2.39. The molecule has 8 aromatic carbocycles. The van der Waals surface area contributed by atoms with Crippen LogP contribution < -0.4 is 10.1 Å². The first kappa shape index (κ1) is 32.0. The van der Waals surface area contributed by atoms with Crippen molar-refractivity contribution in [1.29, 1.82) is 5.26 Å². The number of nitriles is 1. The van der Waals surface area contributed by atoms with Crippen LogP contribution in [0.4, 0.5) is 5.69 Å². The molecule has 0 radical (unpaired) electrons. The van der Waals surface area contributed by atoms with Crippen molar-refractivity contribution in [3.8, 4) is 50.9 Å². The standard InChI is InChI=1S/C52H33N3O/c53-32-33-22-24-34(25-23-33)37-28-38(30-39(29-37)51-54-47-20-10-6-16-42(47)50(55-51)35-12-2-1-3-13-35)36-26-27-49-46(31-36)52(45-19-9-11-21-48(45)56-49)43-17-7-4-14-40(43)41-15-5-8-18-44(41)52/h1-31,51,54H. The molecule has 1 atom stereocenters. The quantitative estimate of drug-likeness (QED) is 0.197. The predicted octanol–water partition coefficient (Wildman–Crippen LogP) is 12.3. The zero-order valence-corrected chi connectivity index (χ0v) is 30.3. The van der Waals surface area contributed by atoms with Gasteiger partial charge in [-0.2, -0.15) is 5.26 Å². The van der Waals surface area contributed by atoms with Crippen molar-refractivity contribution in [3.05, 3.63) is 233 Å². The number of anilines is 1. The van der Waals surface area contributed by atoms with Gasteiger partial charge in [-0.05, 0) is 105 Å². The lowest BCUT2D eigenvalue weighted by Crippen LogP contribution is -2.32. The molecule has 11 rings (SSSR count). The van der Waals surface area contributed by atoms with Crippen LogP contribution in [0, 0.1) is 11.3 Å². The Morgan fingerprint density at radius 2 is 1.07 bits per heavy atom. The van der Waals surface area contributed by atoms with Crippen LogP contribution in [0.1, 0.15) is 50.7 Å². The molecule has 0 saturated carbocycles. The molecule has 1 spiro atoms. The second kappa shape index (κ2) is 12.6. The maximum absolute atomic E-state index is 9.59. The van der Waals surface area contributed by atoms with Gasteiger partial charge in [0.2, 0.25) is 0 Å². The third-order valence-electron chi connectivity index (χ3n) is 11.6. The fourth-order valence-electron chi connectivity index (χ4n) is 9.09. The Kier molecular flexibility index (Phi) is 7.17. The number of hydrogen-bond acceptors (Lipinski definition) is 4. The molecular formula is C52H33N3O. The van der Waals surface area contributed by atoms with Crippen molar-refractivity contribution in [2.45, 2.75) is 11.6 Å². The van der Waals surface area contributed by atoms with E-state index < -0.39 is 5.41 Å². The van der Waals surface area contributed by atoms with E-state index in [0.29, 0.717) is 5.56 Å². The predicted molar refractivity (Wildman–Crippen MR) is 224 cm³/mol. The summed E-state index contributed by atoms with van der Waals surface area (Å²) in [6, 6.07) is 68.4. The van der Waals surface area contributed by atoms with Crippen molar-refractivity contribution in [2.24, 2.45) is 4.99 Å². The van der Waals surface area contributed by atoms with Crippen molar-refractivity contribution < 1.29 is 4.74 Å². The molecule has 0 fully saturated rings. The third-order valence-corrected chi connectivity index (χ3v) is 11.6. The molecule has 1 unspecified atom stereocenters. The van der Waals surface area contributed by atoms with Crippen molar-refractivity contribution in [2.75, 3.05) is 5.32 Å². The van der Waals surface area contributed by atoms with Crippen LogP contribution in [0.25, 0.3) is 33.4 Å². The Balaban J connectivity index is 1.13. The minimum absolute atomic E-state index is 0.343. The second-order valence-corrected chi connectivity index (χ2v) is 14.6. The molecule has 0 amide bonds. The average molecular weight is 716 g/mol. The first-order valence-corrected chi connectivity index (χ1v) is 19.0. The molecule has 1 N–H and O–H groups in total. The summed E-state index contributed by atoms with van der Waals surface area (Å²) in [4.78, 5) is 5.41. The van der Waals surface area contributed by atoms with E-state index in [0.717, 1.165) is 73.0 Å². The van der Waals surface area contributed by atoms with Crippen LogP contribution in [-0.2, 0) is 5.41 Å². The molecule has 8 aromatic rings. The number of hydrogen-bond donors (Lipinski definition) is 1. The summed E-state index contributed by atoms with van der Waals surface area (Å²) < 4.78 is 6.75. The van der Waals surface area contributed by atoms with Crippen molar-refractivity contribution in [1.82, 2.24) is 0 Å². The van der Waals surface area contributed by atoms with Crippen molar-refractivity contribution >= 4 is 11.4 Å². The lowest BCUT2D eigenvalue weighted by molar-refractivity contribution is 0.436. The van der Waals surface area contributed by atoms with Gasteiger partial charge >= 0.3 is 0 Å². The molecule has 56 heavy (non-hydrogen) atoms. The van der Waals surface area contributed by atoms with Gasteiger partial charge in [0.05, 0.1) is 22.8 Å². The Hall–Kier alpha value is -7.48. The smallest absolute Gasteiger partial charge is 0.145 e. The first-order chi connectivity index (χ1) is 27.7. The minimum atomic E-state index is -0.565. The molecule has 262 valence electrons. The number of fused-ring (bicyclic) bond motifs is 10. The van der Waals surface area contributed by atoms with E-state index in [1.807, 2.05) is 30.3 Å². The number of rotatable bonds is 4. The van der Waals surface area contributed by atoms with Crippen LogP contribution in [0.3, 0.4) is 0 Å². The topological polar surface area (TPSA) is 57.4 Å². The van der Waals surface area contributed by atoms with Gasteiger partial charge in [-0.25, -0.2) is 0 Å². The highest BCUT2D eigenvalue weighted by molar-refractivity contribution is 6.17. The number of nitrogens with zero attached hydrogens (tertiary/aromatic N) is 2. The Morgan fingerprint density at radius 1 is 0.482 bits per heavy atom. The van der Waals surface area contributed by atoms with E-state index in [1.54, 1.807) is 0 Å². The van der Waals surface area contributed by atoms with Gasteiger partial charge in [-0.3, -0.25) is 4.99 Å². The fraction of sp³-hybridized carbons (Fsp3) is 0.0385. The summed E-state index contributed by atoms with van der Waals surface area (Å²) in [5.41, 5.74) is 16.7.